The van der Waals surface area contributed by atoms with E-state index in [0.717, 1.165) is 42.3 Å². The fourth-order valence-corrected chi connectivity index (χ4v) is 4.53. The third-order valence-corrected chi connectivity index (χ3v) is 5.71. The van der Waals surface area contributed by atoms with E-state index < -0.39 is 0 Å². The average Bonchev–Trinajstić information content (AvgIpc) is 3.23. The first-order valence-electron chi connectivity index (χ1n) is 7.64. The van der Waals surface area contributed by atoms with Gasteiger partial charge in [0.1, 0.15) is 0 Å². The summed E-state index contributed by atoms with van der Waals surface area (Å²) in [4.78, 5) is 26.7. The van der Waals surface area contributed by atoms with E-state index in [4.69, 9.17) is 0 Å². The molecule has 114 valence electrons. The molecule has 0 aromatic carbocycles. The summed E-state index contributed by atoms with van der Waals surface area (Å²) in [6.45, 7) is 3.76. The van der Waals surface area contributed by atoms with Gasteiger partial charge in [-0.15, -0.1) is 11.3 Å². The summed E-state index contributed by atoms with van der Waals surface area (Å²) in [5.41, 5.74) is 1.08. The van der Waals surface area contributed by atoms with Crippen molar-refractivity contribution in [1.82, 2.24) is 14.9 Å². The van der Waals surface area contributed by atoms with Crippen molar-refractivity contribution in [2.75, 3.05) is 18.0 Å². The van der Waals surface area contributed by atoms with Crippen molar-refractivity contribution < 1.29 is 4.79 Å². The number of carbonyl (C=O) groups excluding carboxylic acids is 1. The van der Waals surface area contributed by atoms with E-state index >= 15 is 0 Å². The van der Waals surface area contributed by atoms with Crippen LogP contribution < -0.4 is 4.90 Å². The predicted octanol–water partition coefficient (Wildman–Crippen LogP) is 2.34. The molecule has 0 radical (unpaired) electrons. The molecule has 4 rings (SSSR count). The van der Waals surface area contributed by atoms with Crippen molar-refractivity contribution in [3.8, 4) is 0 Å². The number of fused-ring (bicyclic) bond motifs is 1. The molecule has 4 heterocycles. The van der Waals surface area contributed by atoms with Crippen LogP contribution in [-0.4, -0.2) is 45.9 Å². The van der Waals surface area contributed by atoms with Crippen molar-refractivity contribution in [3.05, 3.63) is 40.3 Å². The lowest BCUT2D eigenvalue weighted by atomic mass is 10.1. The van der Waals surface area contributed by atoms with E-state index in [0.29, 0.717) is 6.04 Å². The lowest BCUT2D eigenvalue weighted by molar-refractivity contribution is 0.0742. The summed E-state index contributed by atoms with van der Waals surface area (Å²) in [7, 11) is 0. The molecule has 2 aromatic heterocycles. The van der Waals surface area contributed by atoms with Gasteiger partial charge in [-0.3, -0.25) is 4.79 Å². The molecule has 0 saturated carbocycles. The van der Waals surface area contributed by atoms with Crippen molar-refractivity contribution in [2.24, 2.45) is 0 Å². The highest BCUT2D eigenvalue weighted by molar-refractivity contribution is 7.12. The summed E-state index contributed by atoms with van der Waals surface area (Å²) in [6, 6.07) is 4.50. The number of carbonyl (C=O) groups is 1. The second-order valence-electron chi connectivity index (χ2n) is 5.89. The van der Waals surface area contributed by atoms with E-state index in [1.54, 1.807) is 23.7 Å². The minimum Gasteiger partial charge on any atom is -0.336 e. The van der Waals surface area contributed by atoms with Gasteiger partial charge in [0.25, 0.3) is 5.91 Å². The van der Waals surface area contributed by atoms with Gasteiger partial charge in [-0.25, -0.2) is 9.97 Å². The van der Waals surface area contributed by atoms with Gasteiger partial charge in [-0.05, 0) is 42.8 Å². The monoisotopic (exact) mass is 314 g/mol. The molecule has 2 atom stereocenters. The van der Waals surface area contributed by atoms with E-state index in [2.05, 4.69) is 19.8 Å². The zero-order chi connectivity index (χ0) is 15.1. The number of rotatable bonds is 2. The van der Waals surface area contributed by atoms with Crippen molar-refractivity contribution >= 4 is 23.2 Å². The quantitative estimate of drug-likeness (QED) is 0.854. The minimum atomic E-state index is 0.191. The number of aryl methyl sites for hydroxylation is 1. The first-order chi connectivity index (χ1) is 10.8. The van der Waals surface area contributed by atoms with Crippen molar-refractivity contribution in [3.63, 3.8) is 0 Å². The summed E-state index contributed by atoms with van der Waals surface area (Å²) < 4.78 is 0. The van der Waals surface area contributed by atoms with Crippen LogP contribution in [0.2, 0.25) is 0 Å². The largest absolute Gasteiger partial charge is 0.336 e. The number of hydrogen-bond donors (Lipinski definition) is 0. The number of likely N-dealkylation sites (tertiary alicyclic amines) is 1. The Kier molecular flexibility index (Phi) is 3.33. The van der Waals surface area contributed by atoms with Crippen LogP contribution in [0.25, 0.3) is 0 Å². The fraction of sp³-hybridized carbons (Fsp3) is 0.438. The summed E-state index contributed by atoms with van der Waals surface area (Å²) >= 11 is 1.55. The van der Waals surface area contributed by atoms with E-state index in [9.17, 15) is 4.79 Å². The molecule has 0 N–H and O–H groups in total. The molecule has 0 bridgehead atoms. The van der Waals surface area contributed by atoms with Crippen molar-refractivity contribution in [2.45, 2.75) is 31.8 Å². The number of amides is 1. The molecule has 2 aliphatic rings. The maximum Gasteiger partial charge on any atom is 0.264 e. The van der Waals surface area contributed by atoms with Crippen LogP contribution >= 0.6 is 11.3 Å². The molecule has 6 heteroatoms. The number of anilines is 1. The van der Waals surface area contributed by atoms with Gasteiger partial charge >= 0.3 is 0 Å². The Labute approximate surface area is 133 Å². The highest BCUT2D eigenvalue weighted by Gasteiger charge is 2.45. The minimum absolute atomic E-state index is 0.191. The smallest absolute Gasteiger partial charge is 0.264 e. The number of nitrogens with zero attached hydrogens (tertiary/aromatic N) is 4. The van der Waals surface area contributed by atoms with Gasteiger partial charge < -0.3 is 9.80 Å². The molecule has 0 spiro atoms. The van der Waals surface area contributed by atoms with Gasteiger partial charge in [0.15, 0.2) is 0 Å². The molecule has 2 fully saturated rings. The fourth-order valence-electron chi connectivity index (χ4n) is 3.65. The highest BCUT2D eigenvalue weighted by Crippen LogP contribution is 2.35. The number of hydrogen-bond acceptors (Lipinski definition) is 5. The Morgan fingerprint density at radius 3 is 2.73 bits per heavy atom. The molecule has 0 unspecified atom stereocenters. The van der Waals surface area contributed by atoms with Crippen LogP contribution in [0.15, 0.2) is 29.9 Å². The second-order valence-corrected chi connectivity index (χ2v) is 6.80. The lowest BCUT2D eigenvalue weighted by Crippen LogP contribution is -2.40. The molecule has 1 amide bonds. The average molecular weight is 314 g/mol. The zero-order valence-corrected chi connectivity index (χ0v) is 13.3. The maximum absolute atomic E-state index is 12.8. The lowest BCUT2D eigenvalue weighted by Gasteiger charge is -2.25. The predicted molar refractivity (Wildman–Crippen MR) is 86.3 cm³/mol. The molecule has 2 aromatic rings. The first-order valence-corrected chi connectivity index (χ1v) is 8.52. The second kappa shape index (κ2) is 5.35. The highest BCUT2D eigenvalue weighted by atomic mass is 32.1. The van der Waals surface area contributed by atoms with Crippen LogP contribution in [0, 0.1) is 6.92 Å². The molecule has 0 aliphatic carbocycles. The number of thiophene rings is 1. The van der Waals surface area contributed by atoms with E-state index in [1.807, 2.05) is 24.4 Å². The summed E-state index contributed by atoms with van der Waals surface area (Å²) in [6.07, 6.45) is 5.56. The maximum atomic E-state index is 12.8. The van der Waals surface area contributed by atoms with Crippen LogP contribution in [0.1, 0.15) is 28.1 Å². The Morgan fingerprint density at radius 2 is 2.00 bits per heavy atom. The normalized spacial score (nSPS) is 23.9. The Morgan fingerprint density at radius 1 is 1.23 bits per heavy atom. The zero-order valence-electron chi connectivity index (χ0n) is 12.5. The van der Waals surface area contributed by atoms with Crippen LogP contribution in [0.4, 0.5) is 5.95 Å². The Bertz CT molecular complexity index is 686. The standard InChI is InChI=1S/C16H18N4OS/c1-11-5-10-22-14(11)15(21)19-8-3-13-12(19)4-9-20(13)16-17-6-2-7-18-16/h2,5-7,10,12-13H,3-4,8-9H2,1H3/t12-,13+/m0/s1. The van der Waals surface area contributed by atoms with Gasteiger partial charge in [0.2, 0.25) is 5.95 Å². The third-order valence-electron chi connectivity index (χ3n) is 4.70. The molecule has 2 aliphatic heterocycles. The van der Waals surface area contributed by atoms with E-state index in [1.165, 1.54) is 0 Å². The van der Waals surface area contributed by atoms with Crippen LogP contribution in [0.3, 0.4) is 0 Å². The van der Waals surface area contributed by atoms with Crippen molar-refractivity contribution in [1.29, 1.82) is 0 Å². The number of aromatic nitrogens is 2. The van der Waals surface area contributed by atoms with Gasteiger partial charge in [0.05, 0.1) is 17.0 Å². The molecular weight excluding hydrogens is 296 g/mol. The van der Waals surface area contributed by atoms with Crippen LogP contribution in [-0.2, 0) is 0 Å². The summed E-state index contributed by atoms with van der Waals surface area (Å²) in [5, 5.41) is 1.99. The van der Waals surface area contributed by atoms with Gasteiger partial charge in [-0.2, -0.15) is 0 Å². The Balaban J connectivity index is 1.56. The molecular formula is C16H18N4OS. The summed E-state index contributed by atoms with van der Waals surface area (Å²) in [5.74, 6) is 0.979. The first kappa shape index (κ1) is 13.7. The molecule has 22 heavy (non-hydrogen) atoms. The van der Waals surface area contributed by atoms with Gasteiger partial charge in [-0.1, -0.05) is 0 Å². The van der Waals surface area contributed by atoms with E-state index in [-0.39, 0.29) is 11.9 Å². The topological polar surface area (TPSA) is 49.3 Å². The SMILES string of the molecule is Cc1ccsc1C(=O)N1CC[C@@H]2[C@@H]1CCN2c1ncccn1. The molecule has 5 nitrogen and oxygen atoms in total. The van der Waals surface area contributed by atoms with Crippen LogP contribution in [0.5, 0.6) is 0 Å². The van der Waals surface area contributed by atoms with Gasteiger partial charge in [0, 0.05) is 25.5 Å². The third kappa shape index (κ3) is 2.09. The Hall–Kier alpha value is -1.95. The molecule has 2 saturated heterocycles.